The lowest BCUT2D eigenvalue weighted by molar-refractivity contribution is 0.140. The Balaban J connectivity index is 2.24. The number of amides is 1. The number of rotatable bonds is 3. The van der Waals surface area contributed by atoms with Gasteiger partial charge in [0, 0.05) is 30.7 Å². The van der Waals surface area contributed by atoms with E-state index in [9.17, 15) is 13.2 Å². The van der Waals surface area contributed by atoms with Crippen molar-refractivity contribution < 1.29 is 18.3 Å². The number of benzene rings is 1. The van der Waals surface area contributed by atoms with E-state index in [4.69, 9.17) is 5.11 Å². The molecule has 0 radical (unpaired) electrons. The maximum absolute atomic E-state index is 12.6. The van der Waals surface area contributed by atoms with E-state index >= 15 is 0 Å². The Bertz CT molecular complexity index is 662. The summed E-state index contributed by atoms with van der Waals surface area (Å²) >= 11 is 3.31. The van der Waals surface area contributed by atoms with Crippen LogP contribution >= 0.6 is 15.9 Å². The minimum atomic E-state index is -3.59. The van der Waals surface area contributed by atoms with Gasteiger partial charge < -0.3 is 10.0 Å². The first-order chi connectivity index (χ1) is 9.73. The zero-order valence-corrected chi connectivity index (χ0v) is 14.2. The summed E-state index contributed by atoms with van der Waals surface area (Å²) in [6.07, 6.45) is -0.531. The van der Waals surface area contributed by atoms with E-state index in [-0.39, 0.29) is 17.5 Å². The second kappa shape index (κ2) is 5.94. The van der Waals surface area contributed by atoms with Gasteiger partial charge in [-0.2, -0.15) is 4.31 Å². The molecule has 0 bridgehead atoms. The zero-order chi connectivity index (χ0) is 15.8. The van der Waals surface area contributed by atoms with Gasteiger partial charge in [0.25, 0.3) is 0 Å². The van der Waals surface area contributed by atoms with Crippen LogP contribution in [0.5, 0.6) is 0 Å². The number of aryl methyl sites for hydroxylation is 1. The predicted octanol–water partition coefficient (Wildman–Crippen LogP) is 2.13. The quantitative estimate of drug-likeness (QED) is 0.876. The average molecular weight is 377 g/mol. The molecule has 1 fully saturated rings. The van der Waals surface area contributed by atoms with Crippen molar-refractivity contribution in [1.29, 1.82) is 0 Å². The molecule has 8 heteroatoms. The highest BCUT2D eigenvalue weighted by Gasteiger charge is 2.36. The normalized spacial score (nSPS) is 19.7. The van der Waals surface area contributed by atoms with Crippen LogP contribution in [-0.2, 0) is 10.0 Å². The van der Waals surface area contributed by atoms with Gasteiger partial charge in [-0.3, -0.25) is 0 Å². The Labute approximate surface area is 132 Å². The molecule has 1 heterocycles. The Hall–Kier alpha value is -1.12. The van der Waals surface area contributed by atoms with Gasteiger partial charge in [-0.1, -0.05) is 15.9 Å². The summed E-state index contributed by atoms with van der Waals surface area (Å²) in [5.41, 5.74) is 0.666. The minimum Gasteiger partial charge on any atom is -0.465 e. The molecule has 1 aromatic rings. The van der Waals surface area contributed by atoms with E-state index in [1.54, 1.807) is 25.1 Å². The van der Waals surface area contributed by atoms with Gasteiger partial charge >= 0.3 is 6.09 Å². The third-order valence-corrected chi connectivity index (χ3v) is 6.25. The summed E-state index contributed by atoms with van der Waals surface area (Å²) < 4.78 is 27.5. The number of hydrogen-bond donors (Lipinski definition) is 1. The predicted molar refractivity (Wildman–Crippen MR) is 81.8 cm³/mol. The Morgan fingerprint density at radius 3 is 2.71 bits per heavy atom. The summed E-state index contributed by atoms with van der Waals surface area (Å²) in [6.45, 7) is 2.27. The SMILES string of the molecule is Cc1cc(Br)ccc1S(=O)(=O)N1CC[C@@H](N(C)C(=O)O)C1. The minimum absolute atomic E-state index is 0.195. The molecule has 2 rings (SSSR count). The molecule has 1 aliphatic heterocycles. The molecule has 0 aliphatic carbocycles. The highest BCUT2D eigenvalue weighted by atomic mass is 79.9. The number of halogens is 1. The molecule has 0 aromatic heterocycles. The van der Waals surface area contributed by atoms with Crippen LogP contribution in [0, 0.1) is 6.92 Å². The van der Waals surface area contributed by atoms with Gasteiger partial charge in [0.2, 0.25) is 10.0 Å². The summed E-state index contributed by atoms with van der Waals surface area (Å²) in [4.78, 5) is 12.4. The lowest BCUT2D eigenvalue weighted by Gasteiger charge is -2.22. The largest absolute Gasteiger partial charge is 0.465 e. The van der Waals surface area contributed by atoms with Crippen LogP contribution in [0.2, 0.25) is 0 Å². The molecule has 0 unspecified atom stereocenters. The van der Waals surface area contributed by atoms with Crippen LogP contribution in [0.1, 0.15) is 12.0 Å². The van der Waals surface area contributed by atoms with Crippen molar-refractivity contribution in [2.24, 2.45) is 0 Å². The first-order valence-electron chi connectivity index (χ1n) is 6.45. The standard InChI is InChI=1S/C13H17BrN2O4S/c1-9-7-10(14)3-4-12(9)21(19,20)16-6-5-11(8-16)15(2)13(17)18/h3-4,7,11H,5-6,8H2,1-2H3,(H,17,18)/t11-/m1/s1. The number of likely N-dealkylation sites (N-methyl/N-ethyl adjacent to an activating group) is 1. The number of hydrogen-bond acceptors (Lipinski definition) is 3. The molecule has 1 aromatic carbocycles. The van der Waals surface area contributed by atoms with Crippen molar-refractivity contribution in [2.45, 2.75) is 24.3 Å². The molecule has 1 saturated heterocycles. The molecule has 1 N–H and O–H groups in total. The topological polar surface area (TPSA) is 77.9 Å². The maximum atomic E-state index is 12.6. The first-order valence-corrected chi connectivity index (χ1v) is 8.69. The fourth-order valence-electron chi connectivity index (χ4n) is 2.44. The van der Waals surface area contributed by atoms with Crippen LogP contribution in [0.4, 0.5) is 4.79 Å². The Morgan fingerprint density at radius 1 is 1.48 bits per heavy atom. The van der Waals surface area contributed by atoms with E-state index in [1.807, 2.05) is 0 Å². The summed E-state index contributed by atoms with van der Waals surface area (Å²) in [6, 6.07) is 4.72. The van der Waals surface area contributed by atoms with Gasteiger partial charge in [-0.15, -0.1) is 0 Å². The highest BCUT2D eigenvalue weighted by molar-refractivity contribution is 9.10. The second-order valence-corrected chi connectivity index (χ2v) is 7.93. The van der Waals surface area contributed by atoms with E-state index in [2.05, 4.69) is 15.9 Å². The smallest absolute Gasteiger partial charge is 0.407 e. The average Bonchev–Trinajstić information content (AvgIpc) is 2.87. The van der Waals surface area contributed by atoms with Crippen molar-refractivity contribution in [2.75, 3.05) is 20.1 Å². The first kappa shape index (κ1) is 16.3. The van der Waals surface area contributed by atoms with Crippen molar-refractivity contribution in [1.82, 2.24) is 9.21 Å². The lowest BCUT2D eigenvalue weighted by atomic mass is 10.2. The molecular formula is C13H17BrN2O4S. The van der Waals surface area contributed by atoms with Gasteiger partial charge in [-0.05, 0) is 37.1 Å². The van der Waals surface area contributed by atoms with Gasteiger partial charge in [0.1, 0.15) is 0 Å². The highest BCUT2D eigenvalue weighted by Crippen LogP contribution is 2.27. The summed E-state index contributed by atoms with van der Waals surface area (Å²) in [7, 11) is -2.12. The fraction of sp³-hybridized carbons (Fsp3) is 0.462. The van der Waals surface area contributed by atoms with Gasteiger partial charge in [-0.25, -0.2) is 13.2 Å². The van der Waals surface area contributed by atoms with E-state index in [0.717, 1.165) is 4.47 Å². The molecule has 21 heavy (non-hydrogen) atoms. The second-order valence-electron chi connectivity index (χ2n) is 5.11. The summed E-state index contributed by atoms with van der Waals surface area (Å²) in [5.74, 6) is 0. The third kappa shape index (κ3) is 3.22. The van der Waals surface area contributed by atoms with Gasteiger partial charge in [0.15, 0.2) is 0 Å². The third-order valence-electron chi connectivity index (χ3n) is 3.73. The molecule has 0 saturated carbocycles. The van der Waals surface area contributed by atoms with Gasteiger partial charge in [0.05, 0.1) is 4.90 Å². The molecule has 116 valence electrons. The molecule has 1 aliphatic rings. The van der Waals surface area contributed by atoms with E-state index in [0.29, 0.717) is 18.5 Å². The van der Waals surface area contributed by atoms with Crippen molar-refractivity contribution in [3.63, 3.8) is 0 Å². The van der Waals surface area contributed by atoms with Crippen molar-refractivity contribution in [3.8, 4) is 0 Å². The molecule has 0 spiro atoms. The van der Waals surface area contributed by atoms with Crippen LogP contribution in [0.3, 0.4) is 0 Å². The van der Waals surface area contributed by atoms with E-state index < -0.39 is 16.1 Å². The van der Waals surface area contributed by atoms with Crippen molar-refractivity contribution >= 4 is 32.0 Å². The fourth-order valence-corrected chi connectivity index (χ4v) is 4.62. The number of carboxylic acid groups (broad SMARTS) is 1. The molecule has 1 amide bonds. The zero-order valence-electron chi connectivity index (χ0n) is 11.8. The van der Waals surface area contributed by atoms with Crippen LogP contribution in [0.25, 0.3) is 0 Å². The number of sulfonamides is 1. The Kier molecular flexibility index (Phi) is 4.60. The molecular weight excluding hydrogens is 360 g/mol. The summed E-state index contributed by atoms with van der Waals surface area (Å²) in [5, 5.41) is 8.98. The van der Waals surface area contributed by atoms with Crippen molar-refractivity contribution in [3.05, 3.63) is 28.2 Å². The van der Waals surface area contributed by atoms with Crippen LogP contribution in [0.15, 0.2) is 27.6 Å². The Morgan fingerprint density at radius 2 is 2.14 bits per heavy atom. The maximum Gasteiger partial charge on any atom is 0.407 e. The van der Waals surface area contributed by atoms with Crippen LogP contribution < -0.4 is 0 Å². The molecule has 6 nitrogen and oxygen atoms in total. The lowest BCUT2D eigenvalue weighted by Crippen LogP contribution is -2.39. The monoisotopic (exact) mass is 376 g/mol. The van der Waals surface area contributed by atoms with Crippen LogP contribution in [-0.4, -0.2) is 55.0 Å². The van der Waals surface area contributed by atoms with E-state index in [1.165, 1.54) is 16.3 Å². The number of carbonyl (C=O) groups is 1. The number of nitrogens with zero attached hydrogens (tertiary/aromatic N) is 2. The molecule has 1 atom stereocenters.